The van der Waals surface area contributed by atoms with Gasteiger partial charge in [0.05, 0.1) is 11.3 Å². The van der Waals surface area contributed by atoms with Crippen LogP contribution in [0.1, 0.15) is 45.5 Å². The Morgan fingerprint density at radius 1 is 0.966 bits per heavy atom. The van der Waals surface area contributed by atoms with Crippen molar-refractivity contribution in [3.63, 3.8) is 0 Å². The Kier molecular flexibility index (Phi) is 3.71. The maximum absolute atomic E-state index is 13.3. The summed E-state index contributed by atoms with van der Waals surface area (Å²) in [5.41, 5.74) is 4.03. The fourth-order valence-corrected chi connectivity index (χ4v) is 4.36. The lowest BCUT2D eigenvalue weighted by Gasteiger charge is -2.29. The summed E-state index contributed by atoms with van der Waals surface area (Å²) in [7, 11) is 0. The SMILES string of the molecule is CCn1c2c(c(=O)[nH]c1=O)[C@H](c1ccc(C)cc1)C1=C(N2)c2ccccc2C1=O. The lowest BCUT2D eigenvalue weighted by Crippen LogP contribution is -2.38. The number of anilines is 1. The molecular weight excluding hydrogens is 366 g/mol. The number of allylic oxidation sites excluding steroid dienone is 1. The van der Waals surface area contributed by atoms with Gasteiger partial charge in [0.2, 0.25) is 0 Å². The molecule has 1 atom stereocenters. The first-order chi connectivity index (χ1) is 14.0. The van der Waals surface area contributed by atoms with E-state index in [1.807, 2.05) is 56.3 Å². The third kappa shape index (κ3) is 2.38. The fraction of sp³-hybridized carbons (Fsp3) is 0.174. The van der Waals surface area contributed by atoms with Gasteiger partial charge < -0.3 is 5.32 Å². The number of aromatic amines is 1. The van der Waals surface area contributed by atoms with E-state index < -0.39 is 17.2 Å². The van der Waals surface area contributed by atoms with Gasteiger partial charge in [0.25, 0.3) is 5.56 Å². The number of nitrogens with one attached hydrogen (secondary N) is 2. The second kappa shape index (κ2) is 6.17. The molecule has 0 saturated carbocycles. The molecule has 144 valence electrons. The minimum atomic E-state index is -0.552. The second-order valence-corrected chi connectivity index (χ2v) is 7.40. The van der Waals surface area contributed by atoms with Crippen molar-refractivity contribution >= 4 is 17.3 Å². The number of Topliss-reactive ketones (excluding diaryl/α,β-unsaturated/α-hetero) is 1. The number of carbonyl (C=O) groups excluding carboxylic acids is 1. The summed E-state index contributed by atoms with van der Waals surface area (Å²) < 4.78 is 1.51. The first-order valence-electron chi connectivity index (χ1n) is 9.60. The zero-order valence-corrected chi connectivity index (χ0v) is 16.1. The van der Waals surface area contributed by atoms with Crippen molar-refractivity contribution in [2.45, 2.75) is 26.3 Å². The lowest BCUT2D eigenvalue weighted by molar-refractivity contribution is 0.103. The molecule has 2 aromatic carbocycles. The van der Waals surface area contributed by atoms with E-state index in [4.69, 9.17) is 0 Å². The number of nitrogens with zero attached hydrogens (tertiary/aromatic N) is 1. The molecule has 0 radical (unpaired) electrons. The van der Waals surface area contributed by atoms with E-state index >= 15 is 0 Å². The molecule has 0 bridgehead atoms. The smallest absolute Gasteiger partial charge is 0.329 e. The summed E-state index contributed by atoms with van der Waals surface area (Å²) in [5.74, 6) is -0.188. The van der Waals surface area contributed by atoms with Gasteiger partial charge in [-0.25, -0.2) is 4.79 Å². The van der Waals surface area contributed by atoms with Crippen molar-refractivity contribution in [1.82, 2.24) is 9.55 Å². The normalized spacial score (nSPS) is 16.9. The highest BCUT2D eigenvalue weighted by Gasteiger charge is 2.42. The predicted octanol–water partition coefficient (Wildman–Crippen LogP) is 3.03. The lowest BCUT2D eigenvalue weighted by atomic mass is 9.81. The van der Waals surface area contributed by atoms with E-state index in [0.29, 0.717) is 34.8 Å². The van der Waals surface area contributed by atoms with Gasteiger partial charge in [-0.15, -0.1) is 0 Å². The van der Waals surface area contributed by atoms with E-state index in [1.54, 1.807) is 6.07 Å². The molecule has 2 heterocycles. The quantitative estimate of drug-likeness (QED) is 0.710. The molecule has 0 saturated heterocycles. The summed E-state index contributed by atoms with van der Waals surface area (Å²) >= 11 is 0. The van der Waals surface area contributed by atoms with Crippen LogP contribution in [0.4, 0.5) is 5.82 Å². The maximum Gasteiger partial charge on any atom is 0.329 e. The number of fused-ring (bicyclic) bond motifs is 3. The maximum atomic E-state index is 13.3. The van der Waals surface area contributed by atoms with E-state index in [1.165, 1.54) is 4.57 Å². The molecule has 6 nitrogen and oxygen atoms in total. The molecule has 1 aliphatic heterocycles. The molecule has 5 rings (SSSR count). The van der Waals surface area contributed by atoms with Crippen LogP contribution in [0.25, 0.3) is 5.70 Å². The summed E-state index contributed by atoms with van der Waals surface area (Å²) in [5, 5.41) is 3.26. The Balaban J connectivity index is 1.87. The number of H-pyrrole nitrogens is 1. The average molecular weight is 385 g/mol. The van der Waals surface area contributed by atoms with Crippen LogP contribution in [0.5, 0.6) is 0 Å². The fourth-order valence-electron chi connectivity index (χ4n) is 4.36. The van der Waals surface area contributed by atoms with Crippen LogP contribution in [0.15, 0.2) is 63.7 Å². The molecule has 1 aromatic heterocycles. The average Bonchev–Trinajstić information content (AvgIpc) is 3.00. The van der Waals surface area contributed by atoms with Gasteiger partial charge >= 0.3 is 5.69 Å². The van der Waals surface area contributed by atoms with Gasteiger partial charge in [-0.1, -0.05) is 54.1 Å². The largest absolute Gasteiger partial charge is 0.340 e. The molecule has 2 N–H and O–H groups in total. The predicted molar refractivity (Wildman–Crippen MR) is 111 cm³/mol. The molecule has 0 unspecified atom stereocenters. The zero-order chi connectivity index (χ0) is 20.3. The van der Waals surface area contributed by atoms with Crippen LogP contribution in [0.2, 0.25) is 0 Å². The van der Waals surface area contributed by atoms with Crippen molar-refractivity contribution in [2.24, 2.45) is 0 Å². The Hall–Kier alpha value is -3.67. The number of hydrogen-bond acceptors (Lipinski definition) is 4. The molecule has 0 amide bonds. The van der Waals surface area contributed by atoms with Crippen LogP contribution < -0.4 is 16.6 Å². The highest BCUT2D eigenvalue weighted by Crippen LogP contribution is 2.47. The summed E-state index contributed by atoms with van der Waals surface area (Å²) in [4.78, 5) is 41.1. The van der Waals surface area contributed by atoms with Crippen LogP contribution in [0.3, 0.4) is 0 Å². The molecule has 2 aliphatic rings. The minimum Gasteiger partial charge on any atom is -0.340 e. The second-order valence-electron chi connectivity index (χ2n) is 7.40. The summed E-state index contributed by atoms with van der Waals surface area (Å²) in [6.07, 6.45) is 0. The topological polar surface area (TPSA) is 84.0 Å². The van der Waals surface area contributed by atoms with Crippen molar-refractivity contribution < 1.29 is 4.79 Å². The number of rotatable bonds is 2. The summed E-state index contributed by atoms with van der Waals surface area (Å²) in [6.45, 7) is 4.23. The van der Waals surface area contributed by atoms with Gasteiger partial charge in [0, 0.05) is 29.2 Å². The summed E-state index contributed by atoms with van der Waals surface area (Å²) in [6, 6.07) is 15.2. The highest BCUT2D eigenvalue weighted by molar-refractivity contribution is 6.23. The van der Waals surface area contributed by atoms with Gasteiger partial charge in [-0.2, -0.15) is 0 Å². The Labute approximate surface area is 166 Å². The van der Waals surface area contributed by atoms with Crippen LogP contribution in [0, 0.1) is 6.92 Å². The number of hydrogen-bond donors (Lipinski definition) is 2. The van der Waals surface area contributed by atoms with Crippen molar-refractivity contribution in [3.8, 4) is 0 Å². The van der Waals surface area contributed by atoms with Crippen molar-refractivity contribution in [3.05, 3.63) is 103 Å². The highest BCUT2D eigenvalue weighted by atomic mass is 16.2. The van der Waals surface area contributed by atoms with Crippen molar-refractivity contribution in [1.29, 1.82) is 0 Å². The Morgan fingerprint density at radius 2 is 1.66 bits per heavy atom. The van der Waals surface area contributed by atoms with Gasteiger partial charge in [0.15, 0.2) is 5.78 Å². The van der Waals surface area contributed by atoms with E-state index in [-0.39, 0.29) is 5.78 Å². The van der Waals surface area contributed by atoms with Gasteiger partial charge in [-0.05, 0) is 19.4 Å². The molecule has 29 heavy (non-hydrogen) atoms. The zero-order valence-electron chi connectivity index (χ0n) is 16.1. The van der Waals surface area contributed by atoms with E-state index in [2.05, 4.69) is 10.3 Å². The molecular formula is C23H19N3O3. The van der Waals surface area contributed by atoms with E-state index in [9.17, 15) is 14.4 Å². The number of benzene rings is 2. The molecule has 1 aliphatic carbocycles. The molecule has 3 aromatic rings. The van der Waals surface area contributed by atoms with Gasteiger partial charge in [0.1, 0.15) is 5.82 Å². The monoisotopic (exact) mass is 385 g/mol. The minimum absolute atomic E-state index is 0.0898. The first kappa shape index (κ1) is 17.4. The molecule has 0 fully saturated rings. The number of aryl methyl sites for hydroxylation is 1. The molecule has 0 spiro atoms. The number of carbonyl (C=O) groups is 1. The van der Waals surface area contributed by atoms with Crippen LogP contribution >= 0.6 is 0 Å². The molecule has 6 heteroatoms. The van der Waals surface area contributed by atoms with Crippen molar-refractivity contribution in [2.75, 3.05) is 5.32 Å². The first-order valence-corrected chi connectivity index (χ1v) is 9.60. The number of ketones is 1. The van der Waals surface area contributed by atoms with Gasteiger partial charge in [-0.3, -0.25) is 19.1 Å². The number of aromatic nitrogens is 2. The standard InChI is InChI=1S/C23H19N3O3/c1-3-26-21-18(22(28)25-23(26)29)16(13-10-8-12(2)9-11-13)17-19(24-21)14-6-4-5-7-15(14)20(17)27/h4-11,16,24H,3H2,1-2H3,(H,25,28,29)/t16-/m1/s1. The third-order valence-corrected chi connectivity index (χ3v) is 5.74. The van der Waals surface area contributed by atoms with Crippen LogP contribution in [-0.2, 0) is 6.54 Å². The third-order valence-electron chi connectivity index (χ3n) is 5.74. The Bertz CT molecular complexity index is 1330. The van der Waals surface area contributed by atoms with Crippen LogP contribution in [-0.4, -0.2) is 15.3 Å². The Morgan fingerprint density at radius 3 is 2.34 bits per heavy atom. The van der Waals surface area contributed by atoms with E-state index in [0.717, 1.165) is 16.7 Å².